The van der Waals surface area contributed by atoms with E-state index in [-0.39, 0.29) is 19.0 Å². The van der Waals surface area contributed by atoms with Crippen molar-refractivity contribution in [3.8, 4) is 12.1 Å². The predicted octanol–water partition coefficient (Wildman–Crippen LogP) is 2.25. The van der Waals surface area contributed by atoms with Gasteiger partial charge in [-0.25, -0.2) is 0 Å². The Bertz CT molecular complexity index is 497. The molecule has 0 atom stereocenters. The summed E-state index contributed by atoms with van der Waals surface area (Å²) in [6, 6.07) is 9.07. The molecule has 86 valence electrons. The third-order valence-electron chi connectivity index (χ3n) is 2.17. The molecule has 4 nitrogen and oxygen atoms in total. The molecule has 0 bridgehead atoms. The highest BCUT2D eigenvalue weighted by Crippen LogP contribution is 2.19. The van der Waals surface area contributed by atoms with Crippen molar-refractivity contribution in [2.24, 2.45) is 0 Å². The summed E-state index contributed by atoms with van der Waals surface area (Å²) < 4.78 is 0.670. The van der Waals surface area contributed by atoms with E-state index >= 15 is 0 Å². The van der Waals surface area contributed by atoms with Gasteiger partial charge < -0.3 is 4.90 Å². The zero-order valence-corrected chi connectivity index (χ0v) is 10.9. The Morgan fingerprint density at radius 3 is 2.41 bits per heavy atom. The zero-order valence-electron chi connectivity index (χ0n) is 9.27. The van der Waals surface area contributed by atoms with E-state index in [1.807, 2.05) is 31.2 Å². The van der Waals surface area contributed by atoms with Crippen molar-refractivity contribution in [1.82, 2.24) is 4.90 Å². The lowest BCUT2D eigenvalue weighted by molar-refractivity contribution is 0.0794. The molecule has 0 heterocycles. The number of carbonyl (C=O) groups excluding carboxylic acids is 1. The highest BCUT2D eigenvalue weighted by Gasteiger charge is 2.17. The highest BCUT2D eigenvalue weighted by molar-refractivity contribution is 9.10. The van der Waals surface area contributed by atoms with Crippen LogP contribution >= 0.6 is 15.9 Å². The number of benzene rings is 1. The number of rotatable bonds is 3. The van der Waals surface area contributed by atoms with E-state index in [0.717, 1.165) is 5.56 Å². The summed E-state index contributed by atoms with van der Waals surface area (Å²) in [6.07, 6.45) is 0. The quantitative estimate of drug-likeness (QED) is 0.802. The first kappa shape index (κ1) is 13.2. The van der Waals surface area contributed by atoms with E-state index in [1.165, 1.54) is 4.90 Å². The van der Waals surface area contributed by atoms with Crippen LogP contribution in [0.2, 0.25) is 0 Å². The fourth-order valence-corrected chi connectivity index (χ4v) is 2.00. The summed E-state index contributed by atoms with van der Waals surface area (Å²) in [7, 11) is 0. The van der Waals surface area contributed by atoms with Crippen LogP contribution in [0.25, 0.3) is 0 Å². The topological polar surface area (TPSA) is 67.9 Å². The number of hydrogen-bond acceptors (Lipinski definition) is 3. The molecule has 0 aromatic heterocycles. The molecule has 17 heavy (non-hydrogen) atoms. The first-order valence-corrected chi connectivity index (χ1v) is 5.68. The lowest BCUT2D eigenvalue weighted by Gasteiger charge is -2.16. The Labute approximate surface area is 108 Å². The normalized spacial score (nSPS) is 9.18. The number of halogens is 1. The van der Waals surface area contributed by atoms with Crippen LogP contribution in [0.15, 0.2) is 22.7 Å². The molecule has 0 saturated carbocycles. The summed E-state index contributed by atoms with van der Waals surface area (Å²) in [4.78, 5) is 13.3. The molecular weight excluding hydrogens is 282 g/mol. The van der Waals surface area contributed by atoms with Crippen molar-refractivity contribution in [3.63, 3.8) is 0 Å². The Morgan fingerprint density at radius 1 is 1.35 bits per heavy atom. The van der Waals surface area contributed by atoms with E-state index in [0.29, 0.717) is 10.0 Å². The molecule has 0 saturated heterocycles. The number of nitrogens with zero attached hydrogens (tertiary/aromatic N) is 3. The van der Waals surface area contributed by atoms with Crippen molar-refractivity contribution < 1.29 is 4.79 Å². The molecule has 0 radical (unpaired) electrons. The monoisotopic (exact) mass is 291 g/mol. The van der Waals surface area contributed by atoms with Gasteiger partial charge >= 0.3 is 0 Å². The third kappa shape index (κ3) is 3.30. The van der Waals surface area contributed by atoms with Gasteiger partial charge in [0, 0.05) is 4.47 Å². The fourth-order valence-electron chi connectivity index (χ4n) is 1.33. The van der Waals surface area contributed by atoms with E-state index in [1.54, 1.807) is 6.07 Å². The van der Waals surface area contributed by atoms with Gasteiger partial charge in [0.05, 0.1) is 17.7 Å². The van der Waals surface area contributed by atoms with Crippen LogP contribution in [-0.4, -0.2) is 23.9 Å². The van der Waals surface area contributed by atoms with Crippen LogP contribution in [0.4, 0.5) is 0 Å². The minimum absolute atomic E-state index is 0.0906. The predicted molar refractivity (Wildman–Crippen MR) is 66.0 cm³/mol. The molecule has 0 spiro atoms. The first-order chi connectivity index (χ1) is 8.10. The molecular formula is C12H10BrN3O. The average molecular weight is 292 g/mol. The smallest absolute Gasteiger partial charge is 0.256 e. The fraction of sp³-hybridized carbons (Fsp3) is 0.250. The first-order valence-electron chi connectivity index (χ1n) is 4.89. The summed E-state index contributed by atoms with van der Waals surface area (Å²) in [5.74, 6) is -0.319. The molecule has 0 fully saturated rings. The Kier molecular flexibility index (Phi) is 4.68. The standard InChI is InChI=1S/C12H10BrN3O/c1-9-2-3-10(11(13)8-9)12(17)16(6-4-14)7-5-15/h2-3,8H,6-7H2,1H3. The van der Waals surface area contributed by atoms with E-state index in [4.69, 9.17) is 10.5 Å². The van der Waals surface area contributed by atoms with Gasteiger partial charge in [0.1, 0.15) is 13.1 Å². The molecule has 1 aromatic rings. The lowest BCUT2D eigenvalue weighted by atomic mass is 10.1. The van der Waals surface area contributed by atoms with Crippen molar-refractivity contribution in [2.75, 3.05) is 13.1 Å². The van der Waals surface area contributed by atoms with Gasteiger partial charge in [0.2, 0.25) is 0 Å². The molecule has 5 heteroatoms. The lowest BCUT2D eigenvalue weighted by Crippen LogP contribution is -2.32. The Morgan fingerprint density at radius 2 is 1.94 bits per heavy atom. The van der Waals surface area contributed by atoms with Crippen molar-refractivity contribution in [3.05, 3.63) is 33.8 Å². The van der Waals surface area contributed by atoms with Crippen LogP contribution in [0, 0.1) is 29.6 Å². The van der Waals surface area contributed by atoms with Gasteiger partial charge in [-0.15, -0.1) is 0 Å². The second kappa shape index (κ2) is 6.03. The third-order valence-corrected chi connectivity index (χ3v) is 2.82. The van der Waals surface area contributed by atoms with Gasteiger partial charge in [-0.05, 0) is 40.5 Å². The molecule has 0 N–H and O–H groups in total. The maximum Gasteiger partial charge on any atom is 0.256 e. The summed E-state index contributed by atoms with van der Waals surface area (Å²) in [5, 5.41) is 17.2. The van der Waals surface area contributed by atoms with Crippen LogP contribution in [0.1, 0.15) is 15.9 Å². The van der Waals surface area contributed by atoms with Gasteiger partial charge in [-0.1, -0.05) is 6.07 Å². The molecule has 0 unspecified atom stereocenters. The maximum atomic E-state index is 12.1. The van der Waals surface area contributed by atoms with Crippen LogP contribution in [-0.2, 0) is 0 Å². The maximum absolute atomic E-state index is 12.1. The van der Waals surface area contributed by atoms with E-state index in [2.05, 4.69) is 15.9 Å². The zero-order chi connectivity index (χ0) is 12.8. The Balaban J connectivity index is 3.02. The molecule has 0 aliphatic heterocycles. The van der Waals surface area contributed by atoms with Gasteiger partial charge in [-0.2, -0.15) is 10.5 Å². The molecule has 1 amide bonds. The number of nitriles is 2. The van der Waals surface area contributed by atoms with Gasteiger partial charge in [0.25, 0.3) is 5.91 Å². The number of aryl methyl sites for hydroxylation is 1. The van der Waals surface area contributed by atoms with Crippen molar-refractivity contribution in [1.29, 1.82) is 10.5 Å². The van der Waals surface area contributed by atoms with E-state index in [9.17, 15) is 4.79 Å². The number of carbonyl (C=O) groups is 1. The number of hydrogen-bond donors (Lipinski definition) is 0. The van der Waals surface area contributed by atoms with Crippen LogP contribution in [0.3, 0.4) is 0 Å². The highest BCUT2D eigenvalue weighted by atomic mass is 79.9. The minimum Gasteiger partial charge on any atom is -0.312 e. The number of amides is 1. The van der Waals surface area contributed by atoms with Crippen molar-refractivity contribution >= 4 is 21.8 Å². The molecule has 0 aliphatic rings. The molecule has 1 aromatic carbocycles. The second-order valence-electron chi connectivity index (χ2n) is 3.46. The van der Waals surface area contributed by atoms with Gasteiger partial charge in [-0.3, -0.25) is 4.79 Å². The summed E-state index contributed by atoms with van der Waals surface area (Å²) >= 11 is 3.30. The van der Waals surface area contributed by atoms with Gasteiger partial charge in [0.15, 0.2) is 0 Å². The Hall–Kier alpha value is -1.85. The summed E-state index contributed by atoms with van der Waals surface area (Å²) in [6.45, 7) is 1.74. The average Bonchev–Trinajstić information content (AvgIpc) is 2.28. The SMILES string of the molecule is Cc1ccc(C(=O)N(CC#N)CC#N)c(Br)c1. The summed E-state index contributed by atoms with van der Waals surface area (Å²) in [5.41, 5.74) is 1.49. The molecule has 0 aliphatic carbocycles. The molecule has 1 rings (SSSR count). The van der Waals surface area contributed by atoms with E-state index < -0.39 is 0 Å². The minimum atomic E-state index is -0.319. The second-order valence-corrected chi connectivity index (χ2v) is 4.32. The van der Waals surface area contributed by atoms with Crippen LogP contribution < -0.4 is 0 Å². The van der Waals surface area contributed by atoms with Crippen molar-refractivity contribution in [2.45, 2.75) is 6.92 Å². The van der Waals surface area contributed by atoms with Crippen LogP contribution in [0.5, 0.6) is 0 Å². The largest absolute Gasteiger partial charge is 0.312 e.